The Bertz CT molecular complexity index is 1050. The van der Waals surface area contributed by atoms with Crippen LogP contribution in [0.25, 0.3) is 0 Å². The number of carbonyl (C=O) groups excluding carboxylic acids is 3. The SMILES string of the molecule is CCCCCCCCCOc1ccc(C(=O)Nc2ccccc2O/C(=C/C(=O)OCC)C(=O)OCC)cc1. The second kappa shape index (κ2) is 17.6. The van der Waals surface area contributed by atoms with E-state index in [4.69, 9.17) is 18.9 Å². The van der Waals surface area contributed by atoms with Crippen LogP contribution in [0.2, 0.25) is 0 Å². The number of esters is 2. The normalized spacial score (nSPS) is 11.0. The highest BCUT2D eigenvalue weighted by atomic mass is 16.6. The zero-order chi connectivity index (χ0) is 27.6. The number of amides is 1. The summed E-state index contributed by atoms with van der Waals surface area (Å²) < 4.78 is 21.3. The third-order valence-corrected chi connectivity index (χ3v) is 5.50. The second-order valence-electron chi connectivity index (χ2n) is 8.53. The van der Waals surface area contributed by atoms with Gasteiger partial charge in [0.05, 0.1) is 31.6 Å². The number of unbranched alkanes of at least 4 members (excludes halogenated alkanes) is 6. The highest BCUT2D eigenvalue weighted by Gasteiger charge is 2.19. The maximum atomic E-state index is 12.9. The molecule has 2 aromatic carbocycles. The van der Waals surface area contributed by atoms with E-state index in [0.717, 1.165) is 18.9 Å². The van der Waals surface area contributed by atoms with Crippen LogP contribution in [0.4, 0.5) is 5.69 Å². The third-order valence-electron chi connectivity index (χ3n) is 5.50. The molecule has 1 amide bonds. The van der Waals surface area contributed by atoms with Crippen molar-refractivity contribution in [3.8, 4) is 11.5 Å². The lowest BCUT2D eigenvalue weighted by molar-refractivity contribution is -0.143. The Morgan fingerprint density at radius 3 is 2.13 bits per heavy atom. The number of nitrogens with one attached hydrogen (secondary N) is 1. The quantitative estimate of drug-likeness (QED) is 0.110. The molecule has 0 unspecified atom stereocenters. The van der Waals surface area contributed by atoms with Crippen LogP contribution >= 0.6 is 0 Å². The Morgan fingerprint density at radius 2 is 1.45 bits per heavy atom. The largest absolute Gasteiger partial charge is 0.494 e. The summed E-state index contributed by atoms with van der Waals surface area (Å²) >= 11 is 0. The number of benzene rings is 2. The Morgan fingerprint density at radius 1 is 0.789 bits per heavy atom. The minimum atomic E-state index is -0.825. The van der Waals surface area contributed by atoms with Gasteiger partial charge in [-0.3, -0.25) is 4.79 Å². The zero-order valence-electron chi connectivity index (χ0n) is 22.6. The summed E-state index contributed by atoms with van der Waals surface area (Å²) in [4.78, 5) is 37.1. The molecule has 38 heavy (non-hydrogen) atoms. The minimum Gasteiger partial charge on any atom is -0.494 e. The summed E-state index contributed by atoms with van der Waals surface area (Å²) in [6.07, 6.45) is 9.44. The van der Waals surface area contributed by atoms with E-state index >= 15 is 0 Å². The molecule has 0 bridgehead atoms. The molecule has 0 aliphatic heterocycles. The van der Waals surface area contributed by atoms with Gasteiger partial charge in [-0.15, -0.1) is 0 Å². The Kier molecular flexibility index (Phi) is 14.1. The fourth-order valence-electron chi connectivity index (χ4n) is 3.55. The molecule has 0 spiro atoms. The van der Waals surface area contributed by atoms with E-state index in [1.54, 1.807) is 62.4 Å². The lowest BCUT2D eigenvalue weighted by Gasteiger charge is -2.14. The van der Waals surface area contributed by atoms with Crippen molar-refractivity contribution >= 4 is 23.5 Å². The lowest BCUT2D eigenvalue weighted by atomic mass is 10.1. The molecule has 0 fully saturated rings. The van der Waals surface area contributed by atoms with E-state index in [-0.39, 0.29) is 30.6 Å². The maximum absolute atomic E-state index is 12.9. The molecule has 2 rings (SSSR count). The van der Waals surface area contributed by atoms with Gasteiger partial charge in [-0.05, 0) is 56.7 Å². The highest BCUT2D eigenvalue weighted by molar-refractivity contribution is 6.05. The van der Waals surface area contributed by atoms with Crippen molar-refractivity contribution in [3.05, 3.63) is 65.9 Å². The molecule has 1 N–H and O–H groups in total. The van der Waals surface area contributed by atoms with Crippen molar-refractivity contribution in [2.45, 2.75) is 65.7 Å². The zero-order valence-corrected chi connectivity index (χ0v) is 22.6. The van der Waals surface area contributed by atoms with Crippen LogP contribution in [0.1, 0.15) is 76.1 Å². The van der Waals surface area contributed by atoms with E-state index in [2.05, 4.69) is 12.2 Å². The van der Waals surface area contributed by atoms with Gasteiger partial charge in [0.25, 0.3) is 5.91 Å². The van der Waals surface area contributed by atoms with Crippen LogP contribution in [0.3, 0.4) is 0 Å². The average Bonchev–Trinajstić information content (AvgIpc) is 2.91. The summed E-state index contributed by atoms with van der Waals surface area (Å²) in [6.45, 7) is 6.39. The van der Waals surface area contributed by atoms with Crippen LogP contribution < -0.4 is 14.8 Å². The lowest BCUT2D eigenvalue weighted by Crippen LogP contribution is -2.17. The van der Waals surface area contributed by atoms with Crippen LogP contribution in [0, 0.1) is 0 Å². The Hall–Kier alpha value is -3.81. The van der Waals surface area contributed by atoms with Gasteiger partial charge >= 0.3 is 11.9 Å². The van der Waals surface area contributed by atoms with E-state index in [9.17, 15) is 14.4 Å². The molecule has 0 atom stereocenters. The number of hydrogen-bond acceptors (Lipinski definition) is 7. The van der Waals surface area contributed by atoms with Gasteiger partial charge in [0, 0.05) is 5.56 Å². The topological polar surface area (TPSA) is 100 Å². The van der Waals surface area contributed by atoms with Gasteiger partial charge in [-0.1, -0.05) is 57.6 Å². The maximum Gasteiger partial charge on any atom is 0.374 e. The van der Waals surface area contributed by atoms with Crippen molar-refractivity contribution in [1.29, 1.82) is 0 Å². The highest BCUT2D eigenvalue weighted by Crippen LogP contribution is 2.27. The second-order valence-corrected chi connectivity index (χ2v) is 8.53. The molecule has 8 heteroatoms. The molecular weight excluding hydrogens is 486 g/mol. The van der Waals surface area contributed by atoms with Crippen molar-refractivity contribution in [2.24, 2.45) is 0 Å². The van der Waals surface area contributed by atoms with E-state index in [1.807, 2.05) is 0 Å². The summed E-state index contributed by atoms with van der Waals surface area (Å²) in [5.74, 6) is -1.42. The van der Waals surface area contributed by atoms with Crippen LogP contribution in [-0.2, 0) is 19.1 Å². The number of para-hydroxylation sites is 2. The smallest absolute Gasteiger partial charge is 0.374 e. The molecule has 0 aromatic heterocycles. The van der Waals surface area contributed by atoms with Crippen molar-refractivity contribution in [3.63, 3.8) is 0 Å². The summed E-state index contributed by atoms with van der Waals surface area (Å²) in [7, 11) is 0. The number of rotatable bonds is 17. The first kappa shape index (κ1) is 30.4. The number of carbonyl (C=O) groups is 3. The Labute approximate surface area is 225 Å². The van der Waals surface area contributed by atoms with Crippen LogP contribution in [0.15, 0.2) is 60.4 Å². The van der Waals surface area contributed by atoms with Crippen LogP contribution in [-0.4, -0.2) is 37.7 Å². The molecule has 8 nitrogen and oxygen atoms in total. The fourth-order valence-corrected chi connectivity index (χ4v) is 3.55. The molecular formula is C30H39NO7. The van der Waals surface area contributed by atoms with Gasteiger partial charge in [0.2, 0.25) is 5.76 Å². The number of hydrogen-bond donors (Lipinski definition) is 1. The molecule has 0 aliphatic carbocycles. The van der Waals surface area contributed by atoms with Gasteiger partial charge in [-0.25, -0.2) is 9.59 Å². The summed E-state index contributed by atoms with van der Waals surface area (Å²) in [5.41, 5.74) is 0.742. The molecule has 2 aromatic rings. The molecule has 0 aliphatic rings. The van der Waals surface area contributed by atoms with E-state index in [1.165, 1.54) is 32.1 Å². The van der Waals surface area contributed by atoms with Gasteiger partial charge in [0.15, 0.2) is 5.75 Å². The van der Waals surface area contributed by atoms with E-state index < -0.39 is 11.9 Å². The van der Waals surface area contributed by atoms with Gasteiger partial charge in [0.1, 0.15) is 5.75 Å². The first-order chi connectivity index (χ1) is 18.5. The predicted molar refractivity (Wildman–Crippen MR) is 146 cm³/mol. The van der Waals surface area contributed by atoms with Crippen molar-refractivity contribution in [1.82, 2.24) is 0 Å². The summed E-state index contributed by atoms with van der Waals surface area (Å²) in [6, 6.07) is 13.5. The standard InChI is InChI=1S/C30H39NO7/c1-4-7-8-9-10-11-14-21-37-24-19-17-23(18-20-24)29(33)31-25-15-12-13-16-26(25)38-27(30(34)36-6-3)22-28(32)35-5-2/h12-13,15-20,22H,4-11,14,21H2,1-3H3,(H,31,33)/b27-22+. The van der Waals surface area contributed by atoms with Gasteiger partial charge < -0.3 is 24.3 Å². The molecule has 0 radical (unpaired) electrons. The first-order valence-electron chi connectivity index (χ1n) is 13.3. The summed E-state index contributed by atoms with van der Waals surface area (Å²) in [5, 5.41) is 2.78. The van der Waals surface area contributed by atoms with E-state index in [0.29, 0.717) is 23.6 Å². The van der Waals surface area contributed by atoms with Crippen molar-refractivity contribution < 1.29 is 33.3 Å². The minimum absolute atomic E-state index is 0.0967. The predicted octanol–water partition coefficient (Wildman–Crippen LogP) is 6.46. The first-order valence-corrected chi connectivity index (χ1v) is 13.3. The van der Waals surface area contributed by atoms with Crippen molar-refractivity contribution in [2.75, 3.05) is 25.1 Å². The fraction of sp³-hybridized carbons (Fsp3) is 0.433. The van der Waals surface area contributed by atoms with Gasteiger partial charge in [-0.2, -0.15) is 0 Å². The Balaban J connectivity index is 1.97. The molecule has 0 saturated carbocycles. The molecule has 0 heterocycles. The average molecular weight is 526 g/mol. The monoisotopic (exact) mass is 525 g/mol. The number of ether oxygens (including phenoxy) is 4. The molecule has 206 valence electrons. The number of anilines is 1. The third kappa shape index (κ3) is 11.1. The van der Waals surface area contributed by atoms with Crippen LogP contribution in [0.5, 0.6) is 11.5 Å². The molecule has 0 saturated heterocycles.